The first-order valence-electron chi connectivity index (χ1n) is 7.11. The summed E-state index contributed by atoms with van der Waals surface area (Å²) in [6, 6.07) is 0. The van der Waals surface area contributed by atoms with E-state index in [1.165, 1.54) is 0 Å². The van der Waals surface area contributed by atoms with E-state index in [4.69, 9.17) is 5.73 Å². The molecule has 0 bridgehead atoms. The van der Waals surface area contributed by atoms with E-state index < -0.39 is 0 Å². The van der Waals surface area contributed by atoms with Gasteiger partial charge in [0.05, 0.1) is 6.54 Å². The molecule has 6 nitrogen and oxygen atoms in total. The molecule has 0 aromatic heterocycles. The van der Waals surface area contributed by atoms with E-state index in [1.54, 1.807) is 6.92 Å². The van der Waals surface area contributed by atoms with E-state index in [9.17, 15) is 4.79 Å². The topological polar surface area (TPSA) is 65.2 Å². The lowest BCUT2D eigenvalue weighted by atomic mass is 10.3. The van der Waals surface area contributed by atoms with Crippen LogP contribution in [0.2, 0.25) is 0 Å². The molecule has 0 atom stereocenters. The van der Waals surface area contributed by atoms with Gasteiger partial charge in [-0.2, -0.15) is 0 Å². The molecule has 1 heterocycles. The molecule has 0 saturated carbocycles. The van der Waals surface area contributed by atoms with E-state index in [2.05, 4.69) is 23.7 Å². The van der Waals surface area contributed by atoms with Gasteiger partial charge in [0, 0.05) is 52.7 Å². The molecule has 0 radical (unpaired) electrons. The summed E-state index contributed by atoms with van der Waals surface area (Å²) >= 11 is 0. The Bertz CT molecular complexity index is 306. The highest BCUT2D eigenvalue weighted by molar-refractivity contribution is 5.78. The number of hydrogen-bond donors (Lipinski definition) is 1. The van der Waals surface area contributed by atoms with Crippen LogP contribution in [-0.4, -0.2) is 78.9 Å². The van der Waals surface area contributed by atoms with Crippen molar-refractivity contribution in [3.63, 3.8) is 0 Å². The lowest BCUT2D eigenvalue weighted by Gasteiger charge is -2.33. The van der Waals surface area contributed by atoms with Crippen molar-refractivity contribution in [2.75, 3.05) is 52.4 Å². The maximum atomic E-state index is 11.2. The smallest absolute Gasteiger partial charge is 0.219 e. The Hall–Kier alpha value is -1.30. The number of amides is 1. The Morgan fingerprint density at radius 3 is 2.26 bits per heavy atom. The number of aliphatic imine (C=N–C) groups is 1. The molecule has 1 rings (SSSR count). The van der Waals surface area contributed by atoms with E-state index in [-0.39, 0.29) is 5.91 Å². The van der Waals surface area contributed by atoms with Gasteiger partial charge in [-0.1, -0.05) is 0 Å². The number of nitrogens with two attached hydrogens (primary N) is 1. The molecule has 1 aliphatic heterocycles. The second-order valence-corrected chi connectivity index (χ2v) is 4.76. The van der Waals surface area contributed by atoms with E-state index in [0.29, 0.717) is 5.96 Å². The number of piperazine rings is 1. The van der Waals surface area contributed by atoms with Gasteiger partial charge in [-0.3, -0.25) is 14.7 Å². The highest BCUT2D eigenvalue weighted by Crippen LogP contribution is 2.01. The summed E-state index contributed by atoms with van der Waals surface area (Å²) < 4.78 is 0. The average Bonchev–Trinajstić information content (AvgIpc) is 2.40. The summed E-state index contributed by atoms with van der Waals surface area (Å²) in [6.07, 6.45) is 0. The van der Waals surface area contributed by atoms with Crippen LogP contribution in [0.15, 0.2) is 4.99 Å². The molecule has 1 aliphatic rings. The number of rotatable bonds is 5. The second kappa shape index (κ2) is 7.99. The molecule has 6 heteroatoms. The summed E-state index contributed by atoms with van der Waals surface area (Å²) in [5.41, 5.74) is 5.92. The molecule has 0 spiro atoms. The summed E-state index contributed by atoms with van der Waals surface area (Å²) in [5.74, 6) is 0.802. The molecule has 1 saturated heterocycles. The molecule has 0 aliphatic carbocycles. The lowest BCUT2D eigenvalue weighted by molar-refractivity contribution is -0.130. The molecule has 0 aromatic carbocycles. The van der Waals surface area contributed by atoms with Crippen LogP contribution in [0.25, 0.3) is 0 Å². The first-order chi connectivity index (χ1) is 9.08. The average molecular weight is 269 g/mol. The zero-order valence-corrected chi connectivity index (χ0v) is 12.4. The van der Waals surface area contributed by atoms with Gasteiger partial charge >= 0.3 is 0 Å². The van der Waals surface area contributed by atoms with Crippen LogP contribution in [0.3, 0.4) is 0 Å². The van der Waals surface area contributed by atoms with Crippen LogP contribution in [0.4, 0.5) is 0 Å². The van der Waals surface area contributed by atoms with Crippen molar-refractivity contribution in [3.8, 4) is 0 Å². The van der Waals surface area contributed by atoms with Crippen molar-refractivity contribution >= 4 is 11.9 Å². The zero-order chi connectivity index (χ0) is 14.3. The van der Waals surface area contributed by atoms with E-state index >= 15 is 0 Å². The highest BCUT2D eigenvalue weighted by atomic mass is 16.2. The van der Waals surface area contributed by atoms with E-state index in [1.807, 2.05) is 9.80 Å². The Kier molecular flexibility index (Phi) is 6.62. The normalized spacial score (nSPS) is 17.6. The summed E-state index contributed by atoms with van der Waals surface area (Å²) in [6.45, 7) is 12.7. The van der Waals surface area contributed by atoms with Gasteiger partial charge in [-0.05, 0) is 13.8 Å². The molecule has 110 valence electrons. The minimum absolute atomic E-state index is 0.170. The molecule has 1 fully saturated rings. The largest absolute Gasteiger partial charge is 0.370 e. The van der Waals surface area contributed by atoms with Crippen molar-refractivity contribution in [1.29, 1.82) is 0 Å². The predicted octanol–water partition coefficient (Wildman–Crippen LogP) is -0.193. The fourth-order valence-electron chi connectivity index (χ4n) is 2.24. The first-order valence-corrected chi connectivity index (χ1v) is 7.11. The quantitative estimate of drug-likeness (QED) is 0.555. The number of guanidine groups is 1. The van der Waals surface area contributed by atoms with Crippen LogP contribution in [0.5, 0.6) is 0 Å². The lowest BCUT2D eigenvalue weighted by Crippen LogP contribution is -2.48. The van der Waals surface area contributed by atoms with Crippen LogP contribution in [-0.2, 0) is 4.79 Å². The van der Waals surface area contributed by atoms with Crippen molar-refractivity contribution in [3.05, 3.63) is 0 Å². The number of hydrogen-bond acceptors (Lipinski definition) is 3. The summed E-state index contributed by atoms with van der Waals surface area (Å²) in [5, 5.41) is 0. The molecule has 0 aromatic rings. The van der Waals surface area contributed by atoms with Crippen LogP contribution < -0.4 is 5.73 Å². The standard InChI is InChI=1S/C13H27N5O/c1-4-17(5-2)13(14)15-6-7-16-8-10-18(11-9-16)12(3)19/h4-11H2,1-3H3,(H2,14,15). The highest BCUT2D eigenvalue weighted by Gasteiger charge is 2.17. The maximum Gasteiger partial charge on any atom is 0.219 e. The monoisotopic (exact) mass is 269 g/mol. The van der Waals surface area contributed by atoms with Gasteiger partial charge in [0.2, 0.25) is 5.91 Å². The van der Waals surface area contributed by atoms with Gasteiger partial charge in [-0.15, -0.1) is 0 Å². The van der Waals surface area contributed by atoms with Gasteiger partial charge in [-0.25, -0.2) is 0 Å². The molecule has 1 amide bonds. The first kappa shape index (κ1) is 15.8. The third kappa shape index (κ3) is 5.06. The minimum Gasteiger partial charge on any atom is -0.370 e. The maximum absolute atomic E-state index is 11.2. The Balaban J connectivity index is 2.27. The number of carbonyl (C=O) groups is 1. The Labute approximate surface area is 116 Å². The van der Waals surface area contributed by atoms with Gasteiger partial charge in [0.25, 0.3) is 0 Å². The minimum atomic E-state index is 0.170. The summed E-state index contributed by atoms with van der Waals surface area (Å²) in [4.78, 5) is 21.9. The van der Waals surface area contributed by atoms with Gasteiger partial charge < -0.3 is 15.5 Å². The summed E-state index contributed by atoms with van der Waals surface area (Å²) in [7, 11) is 0. The molecular formula is C13H27N5O. The third-order valence-electron chi connectivity index (χ3n) is 3.60. The third-order valence-corrected chi connectivity index (χ3v) is 3.60. The Morgan fingerprint density at radius 1 is 1.21 bits per heavy atom. The van der Waals surface area contributed by atoms with Crippen molar-refractivity contribution in [2.24, 2.45) is 10.7 Å². The number of carbonyl (C=O) groups excluding carboxylic acids is 1. The van der Waals surface area contributed by atoms with E-state index in [0.717, 1.165) is 52.4 Å². The van der Waals surface area contributed by atoms with Crippen molar-refractivity contribution < 1.29 is 4.79 Å². The predicted molar refractivity (Wildman–Crippen MR) is 78.1 cm³/mol. The van der Waals surface area contributed by atoms with Crippen molar-refractivity contribution in [2.45, 2.75) is 20.8 Å². The molecule has 0 unspecified atom stereocenters. The van der Waals surface area contributed by atoms with Crippen LogP contribution >= 0.6 is 0 Å². The van der Waals surface area contributed by atoms with Gasteiger partial charge in [0.1, 0.15) is 0 Å². The SMILES string of the molecule is CCN(CC)C(N)=NCCN1CCN(C(C)=O)CC1. The fourth-order valence-corrected chi connectivity index (χ4v) is 2.24. The Morgan fingerprint density at radius 2 is 1.79 bits per heavy atom. The zero-order valence-electron chi connectivity index (χ0n) is 12.4. The van der Waals surface area contributed by atoms with Crippen LogP contribution in [0.1, 0.15) is 20.8 Å². The molecular weight excluding hydrogens is 242 g/mol. The number of nitrogens with zero attached hydrogens (tertiary/aromatic N) is 4. The van der Waals surface area contributed by atoms with Crippen LogP contribution in [0, 0.1) is 0 Å². The molecule has 2 N–H and O–H groups in total. The van der Waals surface area contributed by atoms with Gasteiger partial charge in [0.15, 0.2) is 5.96 Å². The fraction of sp³-hybridized carbons (Fsp3) is 0.846. The van der Waals surface area contributed by atoms with Crippen molar-refractivity contribution in [1.82, 2.24) is 14.7 Å². The molecule has 19 heavy (non-hydrogen) atoms. The second-order valence-electron chi connectivity index (χ2n) is 4.76.